The number of halogens is 1. The van der Waals surface area contributed by atoms with E-state index in [-0.39, 0.29) is 5.38 Å². The monoisotopic (exact) mass is 281 g/mol. The van der Waals surface area contributed by atoms with Gasteiger partial charge in [-0.3, -0.25) is 0 Å². The van der Waals surface area contributed by atoms with Crippen LogP contribution in [0.4, 0.5) is 5.95 Å². The highest BCUT2D eigenvalue weighted by Gasteiger charge is 2.28. The van der Waals surface area contributed by atoms with Gasteiger partial charge in [-0.15, -0.1) is 11.6 Å². The number of hydrogen-bond acceptors (Lipinski definition) is 3. The summed E-state index contributed by atoms with van der Waals surface area (Å²) in [4.78, 5) is 11.5. The topological polar surface area (TPSA) is 29.0 Å². The molecule has 3 nitrogen and oxygen atoms in total. The van der Waals surface area contributed by atoms with E-state index in [1.54, 1.807) is 0 Å². The molecule has 1 aliphatic rings. The zero-order chi connectivity index (χ0) is 14.0. The van der Waals surface area contributed by atoms with E-state index >= 15 is 0 Å². The van der Waals surface area contributed by atoms with Gasteiger partial charge in [-0.05, 0) is 31.7 Å². The zero-order valence-corrected chi connectivity index (χ0v) is 13.1. The molecule has 1 aliphatic carbocycles. The van der Waals surface area contributed by atoms with Crippen LogP contribution in [0.2, 0.25) is 0 Å². The van der Waals surface area contributed by atoms with Crippen molar-refractivity contribution >= 4 is 17.5 Å². The Labute approximate surface area is 121 Å². The first-order valence-electron chi connectivity index (χ1n) is 7.21. The Bertz CT molecular complexity index is 433. The van der Waals surface area contributed by atoms with Crippen molar-refractivity contribution in [2.45, 2.75) is 63.8 Å². The van der Waals surface area contributed by atoms with Crippen LogP contribution in [0.3, 0.4) is 0 Å². The molecule has 0 amide bonds. The summed E-state index contributed by atoms with van der Waals surface area (Å²) in [7, 11) is 2.07. The lowest BCUT2D eigenvalue weighted by molar-refractivity contribution is 0.430. The van der Waals surface area contributed by atoms with E-state index in [0.717, 1.165) is 30.2 Å². The molecule has 2 atom stereocenters. The molecular formula is C15H24ClN3. The number of anilines is 1. The van der Waals surface area contributed by atoms with Gasteiger partial charge in [0, 0.05) is 24.5 Å². The van der Waals surface area contributed by atoms with E-state index in [0.29, 0.717) is 12.0 Å². The van der Waals surface area contributed by atoms with E-state index in [4.69, 9.17) is 16.6 Å². The van der Waals surface area contributed by atoms with Gasteiger partial charge in [0.25, 0.3) is 0 Å². The second-order valence-corrected chi connectivity index (χ2v) is 6.43. The van der Waals surface area contributed by atoms with Gasteiger partial charge < -0.3 is 4.90 Å². The van der Waals surface area contributed by atoms with Crippen molar-refractivity contribution in [2.24, 2.45) is 0 Å². The molecule has 1 aromatic rings. The third-order valence-corrected chi connectivity index (χ3v) is 4.42. The molecular weight excluding hydrogens is 258 g/mol. The lowest BCUT2D eigenvalue weighted by Crippen LogP contribution is -2.42. The van der Waals surface area contributed by atoms with Gasteiger partial charge in [0.15, 0.2) is 0 Å². The quantitative estimate of drug-likeness (QED) is 0.787. The number of alkyl halides is 1. The van der Waals surface area contributed by atoms with Crippen LogP contribution in [0, 0.1) is 6.92 Å². The third-order valence-electron chi connectivity index (χ3n) is 3.91. The predicted molar refractivity (Wildman–Crippen MR) is 81.2 cm³/mol. The molecule has 19 heavy (non-hydrogen) atoms. The highest BCUT2D eigenvalue weighted by Crippen LogP contribution is 2.29. The fraction of sp³-hybridized carbons (Fsp3) is 0.733. The third kappa shape index (κ3) is 3.38. The second kappa shape index (κ2) is 6.08. The van der Waals surface area contributed by atoms with Crippen LogP contribution in [0.25, 0.3) is 0 Å². The Kier molecular flexibility index (Phi) is 4.67. The van der Waals surface area contributed by atoms with Crippen molar-refractivity contribution in [1.29, 1.82) is 0 Å². The fourth-order valence-electron chi connectivity index (χ4n) is 2.68. The van der Waals surface area contributed by atoms with Crippen molar-refractivity contribution in [3.05, 3.63) is 17.5 Å². The summed E-state index contributed by atoms with van der Waals surface area (Å²) in [5.74, 6) is 1.24. The first kappa shape index (κ1) is 14.6. The second-order valence-electron chi connectivity index (χ2n) is 5.87. The van der Waals surface area contributed by atoms with Crippen molar-refractivity contribution in [2.75, 3.05) is 11.9 Å². The predicted octanol–water partition coefficient (Wildman–Crippen LogP) is 3.89. The molecule has 1 aromatic heterocycles. The van der Waals surface area contributed by atoms with Crippen molar-refractivity contribution in [3.8, 4) is 0 Å². The molecule has 1 saturated carbocycles. The summed E-state index contributed by atoms with van der Waals surface area (Å²) in [5.41, 5.74) is 2.14. The minimum absolute atomic E-state index is 0.213. The molecule has 4 heteroatoms. The molecule has 2 rings (SSSR count). The molecule has 1 heterocycles. The first-order valence-corrected chi connectivity index (χ1v) is 7.65. The maximum absolute atomic E-state index is 6.47. The Morgan fingerprint density at radius 1 is 1.26 bits per heavy atom. The first-order chi connectivity index (χ1) is 8.99. The zero-order valence-electron chi connectivity index (χ0n) is 12.4. The number of hydrogen-bond donors (Lipinski definition) is 0. The smallest absolute Gasteiger partial charge is 0.225 e. The van der Waals surface area contributed by atoms with Gasteiger partial charge >= 0.3 is 0 Å². The molecule has 0 aromatic carbocycles. The minimum atomic E-state index is 0.213. The Balaban J connectivity index is 2.24. The van der Waals surface area contributed by atoms with Crippen LogP contribution in [-0.4, -0.2) is 28.4 Å². The lowest BCUT2D eigenvalue weighted by Gasteiger charge is -2.35. The van der Waals surface area contributed by atoms with Crippen LogP contribution in [0.15, 0.2) is 6.07 Å². The van der Waals surface area contributed by atoms with Gasteiger partial charge in [0.05, 0.1) is 5.38 Å². The lowest BCUT2D eigenvalue weighted by atomic mass is 9.94. The van der Waals surface area contributed by atoms with Crippen LogP contribution < -0.4 is 4.90 Å². The highest BCUT2D eigenvalue weighted by atomic mass is 35.5. The van der Waals surface area contributed by atoms with Gasteiger partial charge in [-0.1, -0.05) is 26.7 Å². The summed E-state index contributed by atoms with van der Waals surface area (Å²) in [6.45, 7) is 6.36. The van der Waals surface area contributed by atoms with E-state index in [1.807, 2.05) is 6.92 Å². The summed E-state index contributed by atoms with van der Waals surface area (Å²) < 4.78 is 0. The van der Waals surface area contributed by atoms with Crippen LogP contribution >= 0.6 is 11.6 Å². The number of nitrogens with zero attached hydrogens (tertiary/aromatic N) is 3. The summed E-state index contributed by atoms with van der Waals surface area (Å²) in [6.07, 6.45) is 4.73. The molecule has 2 unspecified atom stereocenters. The molecule has 0 bridgehead atoms. The van der Waals surface area contributed by atoms with Crippen LogP contribution in [-0.2, 0) is 0 Å². The largest absolute Gasteiger partial charge is 0.339 e. The van der Waals surface area contributed by atoms with Gasteiger partial charge in [-0.25, -0.2) is 9.97 Å². The van der Waals surface area contributed by atoms with Crippen LogP contribution in [0.1, 0.15) is 56.8 Å². The Morgan fingerprint density at radius 2 is 1.95 bits per heavy atom. The Morgan fingerprint density at radius 3 is 2.58 bits per heavy atom. The average molecular weight is 282 g/mol. The molecule has 106 valence electrons. The van der Waals surface area contributed by atoms with Crippen molar-refractivity contribution < 1.29 is 0 Å². The van der Waals surface area contributed by atoms with E-state index in [2.05, 4.69) is 36.8 Å². The minimum Gasteiger partial charge on any atom is -0.339 e. The molecule has 0 radical (unpaired) electrons. The van der Waals surface area contributed by atoms with Gasteiger partial charge in [-0.2, -0.15) is 0 Å². The van der Waals surface area contributed by atoms with E-state index in [9.17, 15) is 0 Å². The number of aryl methyl sites for hydroxylation is 1. The SMILES string of the molecule is Cc1cc(C(C)C)nc(N(C)C2CCCCC2Cl)n1. The maximum atomic E-state index is 6.47. The highest BCUT2D eigenvalue weighted by molar-refractivity contribution is 6.21. The average Bonchev–Trinajstić information content (AvgIpc) is 2.37. The molecule has 0 aliphatic heterocycles. The van der Waals surface area contributed by atoms with E-state index < -0.39 is 0 Å². The number of rotatable bonds is 3. The van der Waals surface area contributed by atoms with Crippen molar-refractivity contribution in [3.63, 3.8) is 0 Å². The summed E-state index contributed by atoms with van der Waals surface area (Å²) in [5, 5.41) is 0.213. The van der Waals surface area contributed by atoms with E-state index in [1.165, 1.54) is 12.8 Å². The molecule has 1 fully saturated rings. The fourth-order valence-corrected chi connectivity index (χ4v) is 3.13. The van der Waals surface area contributed by atoms with Gasteiger partial charge in [0.1, 0.15) is 0 Å². The van der Waals surface area contributed by atoms with Crippen LogP contribution in [0.5, 0.6) is 0 Å². The van der Waals surface area contributed by atoms with Gasteiger partial charge in [0.2, 0.25) is 5.95 Å². The normalized spacial score (nSPS) is 23.7. The maximum Gasteiger partial charge on any atom is 0.225 e. The summed E-state index contributed by atoms with van der Waals surface area (Å²) >= 11 is 6.47. The Hall–Kier alpha value is -0.830. The standard InChI is InChI=1S/C15H24ClN3/c1-10(2)13-9-11(3)17-15(18-13)19(4)14-8-6-5-7-12(14)16/h9-10,12,14H,5-8H2,1-4H3. The van der Waals surface area contributed by atoms with Crippen molar-refractivity contribution in [1.82, 2.24) is 9.97 Å². The molecule has 0 spiro atoms. The summed E-state index contributed by atoms with van der Waals surface area (Å²) in [6, 6.07) is 2.43. The number of aromatic nitrogens is 2. The molecule has 0 N–H and O–H groups in total. The molecule has 0 saturated heterocycles.